The lowest BCUT2D eigenvalue weighted by atomic mass is 10.1. The SMILES string of the molecule is CC(N)Cc1ccc(OC(C)C(=O)NC(C)C)c(F)c1. The molecule has 20 heavy (non-hydrogen) atoms. The van der Waals surface area contributed by atoms with E-state index in [-0.39, 0.29) is 23.7 Å². The van der Waals surface area contributed by atoms with E-state index < -0.39 is 11.9 Å². The molecule has 0 heterocycles. The monoisotopic (exact) mass is 282 g/mol. The Morgan fingerprint density at radius 3 is 2.50 bits per heavy atom. The van der Waals surface area contributed by atoms with Crippen molar-refractivity contribution in [2.24, 2.45) is 5.73 Å². The van der Waals surface area contributed by atoms with Crippen molar-refractivity contribution in [2.75, 3.05) is 0 Å². The molecular weight excluding hydrogens is 259 g/mol. The molecule has 0 aliphatic carbocycles. The maximum absolute atomic E-state index is 13.9. The van der Waals surface area contributed by atoms with Crippen molar-refractivity contribution in [3.63, 3.8) is 0 Å². The zero-order valence-corrected chi connectivity index (χ0v) is 12.4. The molecule has 0 aliphatic heterocycles. The summed E-state index contributed by atoms with van der Waals surface area (Å²) in [5.41, 5.74) is 6.48. The summed E-state index contributed by atoms with van der Waals surface area (Å²) in [5, 5.41) is 2.72. The van der Waals surface area contributed by atoms with Crippen LogP contribution < -0.4 is 15.8 Å². The van der Waals surface area contributed by atoms with Crippen molar-refractivity contribution in [3.05, 3.63) is 29.6 Å². The third kappa shape index (κ3) is 5.17. The molecule has 2 atom stereocenters. The van der Waals surface area contributed by atoms with Crippen molar-refractivity contribution < 1.29 is 13.9 Å². The molecule has 3 N–H and O–H groups in total. The number of hydrogen-bond donors (Lipinski definition) is 2. The average Bonchev–Trinajstić information content (AvgIpc) is 2.30. The van der Waals surface area contributed by atoms with Gasteiger partial charge in [0.25, 0.3) is 5.91 Å². The lowest BCUT2D eigenvalue weighted by Crippen LogP contribution is -2.40. The van der Waals surface area contributed by atoms with E-state index in [1.54, 1.807) is 13.0 Å². The van der Waals surface area contributed by atoms with Crippen LogP contribution in [0.2, 0.25) is 0 Å². The van der Waals surface area contributed by atoms with Gasteiger partial charge in [-0.2, -0.15) is 0 Å². The Hall–Kier alpha value is -1.62. The van der Waals surface area contributed by atoms with E-state index in [2.05, 4.69) is 5.32 Å². The summed E-state index contributed by atoms with van der Waals surface area (Å²) in [5.74, 6) is -0.670. The van der Waals surface area contributed by atoms with E-state index in [0.29, 0.717) is 6.42 Å². The zero-order chi connectivity index (χ0) is 15.3. The highest BCUT2D eigenvalue weighted by Crippen LogP contribution is 2.20. The standard InChI is InChI=1S/C15H23FN2O2/c1-9(2)18-15(19)11(4)20-14-6-5-12(7-10(3)17)8-13(14)16/h5-6,8-11H,7,17H2,1-4H3,(H,18,19). The third-order valence-corrected chi connectivity index (χ3v) is 2.66. The molecule has 1 aromatic rings. The maximum Gasteiger partial charge on any atom is 0.260 e. The first-order valence-electron chi connectivity index (χ1n) is 6.80. The molecule has 1 amide bonds. The van der Waals surface area contributed by atoms with E-state index >= 15 is 0 Å². The van der Waals surface area contributed by atoms with Crippen LogP contribution in [0.4, 0.5) is 4.39 Å². The van der Waals surface area contributed by atoms with Crippen LogP contribution in [0, 0.1) is 5.82 Å². The lowest BCUT2D eigenvalue weighted by Gasteiger charge is -2.17. The van der Waals surface area contributed by atoms with Gasteiger partial charge in [0.15, 0.2) is 17.7 Å². The number of carbonyl (C=O) groups excluding carboxylic acids is 1. The van der Waals surface area contributed by atoms with Gasteiger partial charge >= 0.3 is 0 Å². The zero-order valence-electron chi connectivity index (χ0n) is 12.4. The van der Waals surface area contributed by atoms with E-state index in [4.69, 9.17) is 10.5 Å². The Balaban J connectivity index is 2.70. The minimum absolute atomic E-state index is 0.0202. The Morgan fingerprint density at radius 1 is 1.35 bits per heavy atom. The quantitative estimate of drug-likeness (QED) is 0.839. The van der Waals surface area contributed by atoms with Gasteiger partial charge in [0.2, 0.25) is 0 Å². The Kier molecular flexibility index (Phi) is 5.95. The highest BCUT2D eigenvalue weighted by atomic mass is 19.1. The molecule has 0 radical (unpaired) electrons. The predicted molar refractivity (Wildman–Crippen MR) is 77.1 cm³/mol. The third-order valence-electron chi connectivity index (χ3n) is 2.66. The fourth-order valence-electron chi connectivity index (χ4n) is 1.78. The maximum atomic E-state index is 13.9. The van der Waals surface area contributed by atoms with Crippen LogP contribution in [0.1, 0.15) is 33.3 Å². The van der Waals surface area contributed by atoms with Crippen molar-refractivity contribution >= 4 is 5.91 Å². The largest absolute Gasteiger partial charge is 0.478 e. The van der Waals surface area contributed by atoms with Crippen molar-refractivity contribution in [2.45, 2.75) is 52.3 Å². The average molecular weight is 282 g/mol. The smallest absolute Gasteiger partial charge is 0.260 e. The molecule has 1 aromatic carbocycles. The molecular formula is C15H23FN2O2. The van der Waals surface area contributed by atoms with Gasteiger partial charge in [-0.25, -0.2) is 4.39 Å². The van der Waals surface area contributed by atoms with Crippen LogP contribution in [-0.4, -0.2) is 24.1 Å². The van der Waals surface area contributed by atoms with Crippen LogP contribution in [-0.2, 0) is 11.2 Å². The summed E-state index contributed by atoms with van der Waals surface area (Å²) in [7, 11) is 0. The Labute approximate surface area is 119 Å². The number of hydrogen-bond acceptors (Lipinski definition) is 3. The van der Waals surface area contributed by atoms with Crippen LogP contribution in [0.5, 0.6) is 5.75 Å². The van der Waals surface area contributed by atoms with Crippen molar-refractivity contribution in [3.8, 4) is 5.75 Å². The van der Waals surface area contributed by atoms with Crippen LogP contribution in [0.25, 0.3) is 0 Å². The number of ether oxygens (including phenoxy) is 1. The molecule has 0 saturated carbocycles. The van der Waals surface area contributed by atoms with Crippen LogP contribution >= 0.6 is 0 Å². The van der Waals surface area contributed by atoms with E-state index in [9.17, 15) is 9.18 Å². The molecule has 112 valence electrons. The number of carbonyl (C=O) groups is 1. The summed E-state index contributed by atoms with van der Waals surface area (Å²) >= 11 is 0. The number of nitrogens with one attached hydrogen (secondary N) is 1. The molecule has 5 heteroatoms. The van der Waals surface area contributed by atoms with Gasteiger partial charge in [-0.05, 0) is 51.8 Å². The Morgan fingerprint density at radius 2 is 2.00 bits per heavy atom. The first-order chi connectivity index (χ1) is 9.29. The number of nitrogens with two attached hydrogens (primary N) is 1. The van der Waals surface area contributed by atoms with Crippen LogP contribution in [0.3, 0.4) is 0 Å². The molecule has 0 fully saturated rings. The molecule has 0 aliphatic rings. The molecule has 4 nitrogen and oxygen atoms in total. The number of amides is 1. The van der Waals surface area contributed by atoms with Gasteiger partial charge in [-0.1, -0.05) is 6.07 Å². The Bertz CT molecular complexity index is 461. The second kappa shape index (κ2) is 7.24. The van der Waals surface area contributed by atoms with Gasteiger partial charge < -0.3 is 15.8 Å². The normalized spacial score (nSPS) is 13.9. The molecule has 0 aromatic heterocycles. The fraction of sp³-hybridized carbons (Fsp3) is 0.533. The first-order valence-corrected chi connectivity index (χ1v) is 6.80. The molecule has 0 bridgehead atoms. The molecule has 0 saturated heterocycles. The minimum atomic E-state index is -0.744. The van der Waals surface area contributed by atoms with E-state index in [1.165, 1.54) is 12.1 Å². The highest BCUT2D eigenvalue weighted by Gasteiger charge is 2.17. The summed E-state index contributed by atoms with van der Waals surface area (Å²) in [6.45, 7) is 7.16. The minimum Gasteiger partial charge on any atom is -0.478 e. The van der Waals surface area contributed by atoms with Gasteiger partial charge in [0.05, 0.1) is 0 Å². The van der Waals surface area contributed by atoms with E-state index in [0.717, 1.165) is 5.56 Å². The van der Waals surface area contributed by atoms with Gasteiger partial charge in [0.1, 0.15) is 0 Å². The summed E-state index contributed by atoms with van der Waals surface area (Å²) in [4.78, 5) is 11.7. The molecule has 2 unspecified atom stereocenters. The van der Waals surface area contributed by atoms with Gasteiger partial charge in [-0.3, -0.25) is 4.79 Å². The van der Waals surface area contributed by atoms with Crippen molar-refractivity contribution in [1.29, 1.82) is 0 Å². The number of rotatable bonds is 6. The lowest BCUT2D eigenvalue weighted by molar-refractivity contribution is -0.127. The second-order valence-electron chi connectivity index (χ2n) is 5.37. The second-order valence-corrected chi connectivity index (χ2v) is 5.37. The summed E-state index contributed by atoms with van der Waals surface area (Å²) < 4.78 is 19.2. The van der Waals surface area contributed by atoms with Crippen LogP contribution in [0.15, 0.2) is 18.2 Å². The summed E-state index contributed by atoms with van der Waals surface area (Å²) in [6, 6.07) is 4.68. The van der Waals surface area contributed by atoms with E-state index in [1.807, 2.05) is 20.8 Å². The van der Waals surface area contributed by atoms with Gasteiger partial charge in [-0.15, -0.1) is 0 Å². The fourth-order valence-corrected chi connectivity index (χ4v) is 1.78. The topological polar surface area (TPSA) is 64.3 Å². The van der Waals surface area contributed by atoms with Crippen molar-refractivity contribution in [1.82, 2.24) is 5.32 Å². The predicted octanol–water partition coefficient (Wildman–Crippen LogP) is 2.01. The molecule has 0 spiro atoms. The highest BCUT2D eigenvalue weighted by molar-refractivity contribution is 5.80. The number of benzene rings is 1. The number of halogens is 1. The summed E-state index contributed by atoms with van der Waals surface area (Å²) in [6.07, 6.45) is -0.146. The molecule has 1 rings (SSSR count). The van der Waals surface area contributed by atoms with Gasteiger partial charge in [0, 0.05) is 12.1 Å². The first kappa shape index (κ1) is 16.4.